The zero-order chi connectivity index (χ0) is 10.7. The van der Waals surface area contributed by atoms with Gasteiger partial charge in [0.05, 0.1) is 0 Å². The van der Waals surface area contributed by atoms with Crippen molar-refractivity contribution in [1.29, 1.82) is 0 Å². The molecule has 2 saturated heterocycles. The van der Waals surface area contributed by atoms with E-state index in [1.165, 1.54) is 25.7 Å². The second-order valence-corrected chi connectivity index (χ2v) is 4.79. The summed E-state index contributed by atoms with van der Waals surface area (Å²) in [4.78, 5) is 13.4. The number of rotatable bonds is 0. The van der Waals surface area contributed by atoms with E-state index < -0.39 is 0 Å². The van der Waals surface area contributed by atoms with Crippen LogP contribution in [0.4, 0.5) is 4.79 Å². The van der Waals surface area contributed by atoms with E-state index in [0.29, 0.717) is 5.41 Å². The number of likely N-dealkylation sites (tertiary alicyclic amines) is 1. The summed E-state index contributed by atoms with van der Waals surface area (Å²) in [6.07, 6.45) is 4.94. The van der Waals surface area contributed by atoms with E-state index in [-0.39, 0.29) is 6.03 Å². The van der Waals surface area contributed by atoms with E-state index in [4.69, 9.17) is 0 Å². The summed E-state index contributed by atoms with van der Waals surface area (Å²) in [5, 5.41) is 6.11. The number of urea groups is 1. The van der Waals surface area contributed by atoms with Gasteiger partial charge >= 0.3 is 6.03 Å². The Labute approximate surface area is 91.4 Å². The van der Waals surface area contributed by atoms with Gasteiger partial charge in [-0.25, -0.2) is 4.79 Å². The Bertz CT molecular complexity index is 226. The lowest BCUT2D eigenvalue weighted by Crippen LogP contribution is -2.49. The minimum absolute atomic E-state index is 0.0822. The van der Waals surface area contributed by atoms with Crippen LogP contribution < -0.4 is 10.6 Å². The Morgan fingerprint density at radius 2 is 1.80 bits per heavy atom. The number of piperidine rings is 2. The van der Waals surface area contributed by atoms with Gasteiger partial charge in [-0.1, -0.05) is 0 Å². The predicted molar refractivity (Wildman–Crippen MR) is 59.8 cm³/mol. The lowest BCUT2D eigenvalue weighted by Gasteiger charge is -2.44. The summed E-state index contributed by atoms with van der Waals surface area (Å²) in [5.41, 5.74) is 0.537. The van der Waals surface area contributed by atoms with Gasteiger partial charge in [-0.15, -0.1) is 0 Å². The Balaban J connectivity index is 1.88. The molecule has 2 N–H and O–H groups in total. The van der Waals surface area contributed by atoms with Gasteiger partial charge in [-0.2, -0.15) is 0 Å². The summed E-state index contributed by atoms with van der Waals surface area (Å²) in [7, 11) is 1.71. The third-order valence-corrected chi connectivity index (χ3v) is 3.99. The van der Waals surface area contributed by atoms with Crippen molar-refractivity contribution in [3.63, 3.8) is 0 Å². The van der Waals surface area contributed by atoms with E-state index in [1.54, 1.807) is 7.05 Å². The summed E-state index contributed by atoms with van der Waals surface area (Å²) in [6.45, 7) is 4.17. The highest BCUT2D eigenvalue weighted by molar-refractivity contribution is 5.73. The van der Waals surface area contributed by atoms with Crippen LogP contribution in [0.15, 0.2) is 0 Å². The molecule has 0 aromatic rings. The fourth-order valence-electron chi connectivity index (χ4n) is 2.80. The summed E-state index contributed by atoms with van der Waals surface area (Å²) < 4.78 is 0. The third-order valence-electron chi connectivity index (χ3n) is 3.99. The summed E-state index contributed by atoms with van der Waals surface area (Å²) >= 11 is 0. The first-order chi connectivity index (χ1) is 7.26. The maximum Gasteiger partial charge on any atom is 0.317 e. The smallest absolute Gasteiger partial charge is 0.317 e. The second-order valence-electron chi connectivity index (χ2n) is 4.79. The zero-order valence-electron chi connectivity index (χ0n) is 9.51. The minimum Gasteiger partial charge on any atom is -0.341 e. The molecule has 0 atom stereocenters. The highest BCUT2D eigenvalue weighted by Gasteiger charge is 2.36. The van der Waals surface area contributed by atoms with Crippen molar-refractivity contribution in [1.82, 2.24) is 15.5 Å². The fraction of sp³-hybridized carbons (Fsp3) is 0.909. The Morgan fingerprint density at radius 1 is 1.20 bits per heavy atom. The van der Waals surface area contributed by atoms with Crippen LogP contribution >= 0.6 is 0 Å². The van der Waals surface area contributed by atoms with Crippen LogP contribution in [-0.4, -0.2) is 44.2 Å². The van der Waals surface area contributed by atoms with Gasteiger partial charge in [-0.05, 0) is 44.2 Å². The molecule has 2 amide bonds. The normalized spacial score (nSPS) is 25.3. The zero-order valence-corrected chi connectivity index (χ0v) is 9.51. The first-order valence-corrected chi connectivity index (χ1v) is 5.93. The number of nitrogens with one attached hydrogen (secondary N) is 2. The van der Waals surface area contributed by atoms with Gasteiger partial charge in [-0.3, -0.25) is 0 Å². The molecule has 4 nitrogen and oxygen atoms in total. The monoisotopic (exact) mass is 211 g/mol. The Morgan fingerprint density at radius 3 is 2.33 bits per heavy atom. The number of amides is 2. The molecule has 0 aromatic heterocycles. The van der Waals surface area contributed by atoms with Gasteiger partial charge < -0.3 is 15.5 Å². The topological polar surface area (TPSA) is 44.4 Å². The minimum atomic E-state index is 0.0822. The molecule has 0 radical (unpaired) electrons. The third kappa shape index (κ3) is 2.25. The van der Waals surface area contributed by atoms with Gasteiger partial charge in [0, 0.05) is 20.1 Å². The molecule has 86 valence electrons. The van der Waals surface area contributed by atoms with Crippen molar-refractivity contribution in [3.8, 4) is 0 Å². The van der Waals surface area contributed by atoms with Crippen LogP contribution in [0.1, 0.15) is 25.7 Å². The maximum absolute atomic E-state index is 11.4. The van der Waals surface area contributed by atoms with Gasteiger partial charge in [0.25, 0.3) is 0 Å². The SMILES string of the molecule is CNC(=O)N1CCC2(CCNCC2)CC1. The van der Waals surface area contributed by atoms with Crippen molar-refractivity contribution in [2.24, 2.45) is 5.41 Å². The maximum atomic E-state index is 11.4. The van der Waals surface area contributed by atoms with Crippen molar-refractivity contribution in [2.75, 3.05) is 33.2 Å². The van der Waals surface area contributed by atoms with Gasteiger partial charge in [0.15, 0.2) is 0 Å². The standard InChI is InChI=1S/C11H21N3O/c1-12-10(15)14-8-4-11(5-9-14)2-6-13-7-3-11/h13H,2-9H2,1H3,(H,12,15). The largest absolute Gasteiger partial charge is 0.341 e. The molecule has 0 saturated carbocycles. The molecular formula is C11H21N3O. The molecule has 2 heterocycles. The van der Waals surface area contributed by atoms with E-state index in [1.807, 2.05) is 4.90 Å². The molecule has 15 heavy (non-hydrogen) atoms. The van der Waals surface area contributed by atoms with Crippen LogP contribution in [-0.2, 0) is 0 Å². The van der Waals surface area contributed by atoms with Crippen molar-refractivity contribution in [2.45, 2.75) is 25.7 Å². The van der Waals surface area contributed by atoms with E-state index in [0.717, 1.165) is 26.2 Å². The van der Waals surface area contributed by atoms with Crippen molar-refractivity contribution < 1.29 is 4.79 Å². The Hall–Kier alpha value is -0.770. The molecule has 0 aliphatic carbocycles. The fourth-order valence-corrected chi connectivity index (χ4v) is 2.80. The average molecular weight is 211 g/mol. The van der Waals surface area contributed by atoms with Crippen LogP contribution in [0.2, 0.25) is 0 Å². The van der Waals surface area contributed by atoms with E-state index in [9.17, 15) is 4.79 Å². The van der Waals surface area contributed by atoms with E-state index in [2.05, 4.69) is 10.6 Å². The molecule has 4 heteroatoms. The molecule has 0 aromatic carbocycles. The molecule has 2 fully saturated rings. The lowest BCUT2D eigenvalue weighted by molar-refractivity contribution is 0.0881. The van der Waals surface area contributed by atoms with Crippen LogP contribution in [0.25, 0.3) is 0 Å². The lowest BCUT2D eigenvalue weighted by atomic mass is 9.72. The van der Waals surface area contributed by atoms with Crippen LogP contribution in [0.3, 0.4) is 0 Å². The average Bonchev–Trinajstić information content (AvgIpc) is 2.30. The van der Waals surface area contributed by atoms with Gasteiger partial charge in [0.2, 0.25) is 0 Å². The number of carbonyl (C=O) groups excluding carboxylic acids is 1. The number of carbonyl (C=O) groups is 1. The van der Waals surface area contributed by atoms with Crippen molar-refractivity contribution >= 4 is 6.03 Å². The van der Waals surface area contributed by atoms with Crippen molar-refractivity contribution in [3.05, 3.63) is 0 Å². The summed E-state index contributed by atoms with van der Waals surface area (Å²) in [5.74, 6) is 0. The van der Waals surface area contributed by atoms with E-state index >= 15 is 0 Å². The number of nitrogens with zero attached hydrogens (tertiary/aromatic N) is 1. The van der Waals surface area contributed by atoms with Gasteiger partial charge in [0.1, 0.15) is 0 Å². The molecule has 0 bridgehead atoms. The highest BCUT2D eigenvalue weighted by Crippen LogP contribution is 2.39. The molecular weight excluding hydrogens is 190 g/mol. The first kappa shape index (κ1) is 10.7. The quantitative estimate of drug-likeness (QED) is 0.622. The summed E-state index contributed by atoms with van der Waals surface area (Å²) in [6, 6.07) is 0.0822. The second kappa shape index (κ2) is 4.39. The van der Waals surface area contributed by atoms with Crippen LogP contribution in [0.5, 0.6) is 0 Å². The number of hydrogen-bond acceptors (Lipinski definition) is 2. The molecule has 1 spiro atoms. The molecule has 2 rings (SSSR count). The van der Waals surface area contributed by atoms with Crippen LogP contribution in [0, 0.1) is 5.41 Å². The predicted octanol–water partition coefficient (Wildman–Crippen LogP) is 0.791. The highest BCUT2D eigenvalue weighted by atomic mass is 16.2. The molecule has 2 aliphatic rings. The Kier molecular flexibility index (Phi) is 3.14. The number of hydrogen-bond donors (Lipinski definition) is 2. The first-order valence-electron chi connectivity index (χ1n) is 5.93. The molecule has 2 aliphatic heterocycles. The molecule has 0 unspecified atom stereocenters.